The highest BCUT2D eigenvalue weighted by atomic mass is 79.9. The predicted octanol–water partition coefficient (Wildman–Crippen LogP) is 4.25. The number of carbonyl (C=O) groups is 1. The largest absolute Gasteiger partial charge is 0.383 e. The second-order valence-corrected chi connectivity index (χ2v) is 6.94. The molecule has 23 heavy (non-hydrogen) atoms. The molecule has 2 aromatic carbocycles. The number of halogens is 2. The fourth-order valence-electron chi connectivity index (χ4n) is 3.05. The number of fused-ring (bicyclic) bond motifs is 1. The van der Waals surface area contributed by atoms with Crippen LogP contribution in [0, 0.1) is 0 Å². The number of hydrogen-bond donors (Lipinski definition) is 0. The van der Waals surface area contributed by atoms with E-state index < -0.39 is 0 Å². The summed E-state index contributed by atoms with van der Waals surface area (Å²) in [7, 11) is 1.66. The Bertz CT molecular complexity index is 735. The van der Waals surface area contributed by atoms with E-state index in [1.165, 1.54) is 0 Å². The van der Waals surface area contributed by atoms with Crippen LogP contribution in [0.3, 0.4) is 0 Å². The fourth-order valence-corrected chi connectivity index (χ4v) is 3.66. The highest BCUT2D eigenvalue weighted by Crippen LogP contribution is 2.35. The average molecular weight is 395 g/mol. The Morgan fingerprint density at radius 2 is 2.13 bits per heavy atom. The number of anilines is 1. The molecule has 0 spiro atoms. The SMILES string of the molecule is COCC1Cc2cc(Br)ccc2N1C(=O)Cc1ccccc1Cl. The molecule has 1 aliphatic heterocycles. The van der Waals surface area contributed by atoms with Gasteiger partial charge >= 0.3 is 0 Å². The number of methoxy groups -OCH3 is 1. The lowest BCUT2D eigenvalue weighted by Crippen LogP contribution is -2.41. The minimum absolute atomic E-state index is 0.0271. The van der Waals surface area contributed by atoms with Crippen molar-refractivity contribution >= 4 is 39.1 Å². The van der Waals surface area contributed by atoms with E-state index in [0.717, 1.165) is 27.7 Å². The summed E-state index contributed by atoms with van der Waals surface area (Å²) < 4.78 is 6.33. The van der Waals surface area contributed by atoms with E-state index in [0.29, 0.717) is 11.6 Å². The number of benzene rings is 2. The molecule has 1 heterocycles. The van der Waals surface area contributed by atoms with Crippen LogP contribution in [0.25, 0.3) is 0 Å². The molecule has 0 aliphatic carbocycles. The van der Waals surface area contributed by atoms with E-state index in [2.05, 4.69) is 22.0 Å². The zero-order valence-electron chi connectivity index (χ0n) is 12.8. The summed E-state index contributed by atoms with van der Waals surface area (Å²) in [6.45, 7) is 0.514. The summed E-state index contributed by atoms with van der Waals surface area (Å²) in [5.74, 6) is 0.0428. The van der Waals surface area contributed by atoms with Gasteiger partial charge < -0.3 is 9.64 Å². The van der Waals surface area contributed by atoms with Crippen molar-refractivity contribution < 1.29 is 9.53 Å². The molecule has 5 heteroatoms. The molecule has 1 atom stereocenters. The van der Waals surface area contributed by atoms with Gasteiger partial charge in [0.05, 0.1) is 19.1 Å². The van der Waals surface area contributed by atoms with E-state index in [9.17, 15) is 4.79 Å². The Kier molecular flexibility index (Phi) is 5.05. The minimum Gasteiger partial charge on any atom is -0.383 e. The summed E-state index contributed by atoms with van der Waals surface area (Å²) in [5.41, 5.74) is 2.97. The average Bonchev–Trinajstić information content (AvgIpc) is 2.87. The van der Waals surface area contributed by atoms with E-state index in [-0.39, 0.29) is 18.4 Å². The molecule has 0 radical (unpaired) electrons. The van der Waals surface area contributed by atoms with Crippen LogP contribution in [-0.2, 0) is 22.4 Å². The Morgan fingerprint density at radius 1 is 1.35 bits per heavy atom. The molecular formula is C18H17BrClNO2. The van der Waals surface area contributed by atoms with E-state index in [1.807, 2.05) is 41.3 Å². The Balaban J connectivity index is 1.89. The first-order chi connectivity index (χ1) is 11.1. The van der Waals surface area contributed by atoms with Crippen LogP contribution in [0.5, 0.6) is 0 Å². The Labute approximate surface area is 149 Å². The van der Waals surface area contributed by atoms with Crippen molar-refractivity contribution in [2.45, 2.75) is 18.9 Å². The number of carbonyl (C=O) groups excluding carboxylic acids is 1. The maximum atomic E-state index is 12.9. The van der Waals surface area contributed by atoms with Crippen molar-refractivity contribution in [2.24, 2.45) is 0 Å². The quantitative estimate of drug-likeness (QED) is 0.776. The lowest BCUT2D eigenvalue weighted by atomic mass is 10.1. The predicted molar refractivity (Wildman–Crippen MR) is 96.2 cm³/mol. The fraction of sp³-hybridized carbons (Fsp3) is 0.278. The molecule has 0 N–H and O–H groups in total. The summed E-state index contributed by atoms with van der Waals surface area (Å²) in [5, 5.41) is 0.624. The van der Waals surface area contributed by atoms with Crippen molar-refractivity contribution in [3.8, 4) is 0 Å². The minimum atomic E-state index is 0.0271. The smallest absolute Gasteiger partial charge is 0.231 e. The molecule has 1 unspecified atom stereocenters. The Morgan fingerprint density at radius 3 is 2.87 bits per heavy atom. The Hall–Kier alpha value is -1.36. The van der Waals surface area contributed by atoms with Crippen LogP contribution in [0.4, 0.5) is 5.69 Å². The molecule has 3 rings (SSSR count). The highest BCUT2D eigenvalue weighted by molar-refractivity contribution is 9.10. The van der Waals surface area contributed by atoms with Gasteiger partial charge in [-0.25, -0.2) is 0 Å². The van der Waals surface area contributed by atoms with Crippen molar-refractivity contribution in [1.29, 1.82) is 0 Å². The molecule has 0 saturated heterocycles. The lowest BCUT2D eigenvalue weighted by Gasteiger charge is -2.25. The number of ether oxygens (including phenoxy) is 1. The zero-order chi connectivity index (χ0) is 16.4. The molecule has 0 aromatic heterocycles. The third kappa shape index (κ3) is 3.44. The maximum absolute atomic E-state index is 12.9. The maximum Gasteiger partial charge on any atom is 0.231 e. The van der Waals surface area contributed by atoms with Gasteiger partial charge in [0, 0.05) is 22.3 Å². The molecule has 1 amide bonds. The van der Waals surface area contributed by atoms with Gasteiger partial charge in [0.2, 0.25) is 5.91 Å². The van der Waals surface area contributed by atoms with E-state index in [1.54, 1.807) is 7.11 Å². The molecule has 2 aromatic rings. The van der Waals surface area contributed by atoms with Crippen molar-refractivity contribution in [3.05, 3.63) is 63.1 Å². The molecule has 0 bridgehead atoms. The summed E-state index contributed by atoms with van der Waals surface area (Å²) >= 11 is 9.68. The standard InChI is InChI=1S/C18H17BrClNO2/c1-23-11-15-9-13-8-14(19)6-7-17(13)21(15)18(22)10-12-4-2-3-5-16(12)20/h2-8,15H,9-11H2,1H3. The van der Waals surface area contributed by atoms with Crippen LogP contribution in [0.15, 0.2) is 46.9 Å². The van der Waals surface area contributed by atoms with Crippen molar-refractivity contribution in [2.75, 3.05) is 18.6 Å². The van der Waals surface area contributed by atoms with Crippen molar-refractivity contribution in [1.82, 2.24) is 0 Å². The van der Waals surface area contributed by atoms with Crippen molar-refractivity contribution in [3.63, 3.8) is 0 Å². The second kappa shape index (κ2) is 7.04. The normalized spacial score (nSPS) is 16.5. The van der Waals surface area contributed by atoms with E-state index in [4.69, 9.17) is 16.3 Å². The highest BCUT2D eigenvalue weighted by Gasteiger charge is 2.33. The molecular weight excluding hydrogens is 378 g/mol. The number of amides is 1. The first-order valence-corrected chi connectivity index (χ1v) is 8.60. The molecule has 0 saturated carbocycles. The number of nitrogens with zero attached hydrogens (tertiary/aromatic N) is 1. The van der Waals surface area contributed by atoms with Gasteiger partial charge in [0.15, 0.2) is 0 Å². The summed E-state index contributed by atoms with van der Waals surface area (Å²) in [6.07, 6.45) is 1.09. The first-order valence-electron chi connectivity index (χ1n) is 7.43. The molecule has 3 nitrogen and oxygen atoms in total. The van der Waals surface area contributed by atoms with Crippen LogP contribution in [0.1, 0.15) is 11.1 Å². The second-order valence-electron chi connectivity index (χ2n) is 5.62. The molecule has 0 fully saturated rings. The van der Waals surface area contributed by atoms with Gasteiger partial charge in [0.25, 0.3) is 0 Å². The summed E-state index contributed by atoms with van der Waals surface area (Å²) in [6, 6.07) is 13.5. The van der Waals surface area contributed by atoms with E-state index >= 15 is 0 Å². The third-order valence-electron chi connectivity index (χ3n) is 4.05. The molecule has 1 aliphatic rings. The van der Waals surface area contributed by atoms with Crippen LogP contribution in [-0.4, -0.2) is 25.7 Å². The van der Waals surface area contributed by atoms with Crippen LogP contribution < -0.4 is 4.90 Å². The third-order valence-corrected chi connectivity index (χ3v) is 4.91. The van der Waals surface area contributed by atoms with Gasteiger partial charge in [-0.15, -0.1) is 0 Å². The summed E-state index contributed by atoms with van der Waals surface area (Å²) in [4.78, 5) is 14.8. The topological polar surface area (TPSA) is 29.5 Å². The lowest BCUT2D eigenvalue weighted by molar-refractivity contribution is -0.118. The first kappa shape index (κ1) is 16.5. The van der Waals surface area contributed by atoms with Crippen LogP contribution >= 0.6 is 27.5 Å². The van der Waals surface area contributed by atoms with Gasteiger partial charge in [-0.05, 0) is 41.8 Å². The van der Waals surface area contributed by atoms with Gasteiger partial charge in [-0.1, -0.05) is 45.7 Å². The zero-order valence-corrected chi connectivity index (χ0v) is 15.1. The van der Waals surface area contributed by atoms with Gasteiger partial charge in [-0.3, -0.25) is 4.79 Å². The molecule has 120 valence electrons. The van der Waals surface area contributed by atoms with Gasteiger partial charge in [0.1, 0.15) is 0 Å². The van der Waals surface area contributed by atoms with Gasteiger partial charge in [-0.2, -0.15) is 0 Å². The van der Waals surface area contributed by atoms with Crippen LogP contribution in [0.2, 0.25) is 5.02 Å². The number of hydrogen-bond acceptors (Lipinski definition) is 2. The monoisotopic (exact) mass is 393 g/mol. The number of rotatable bonds is 4.